The van der Waals surface area contributed by atoms with E-state index < -0.39 is 5.97 Å². The highest BCUT2D eigenvalue weighted by Gasteiger charge is 2.14. The molecule has 6 heteroatoms. The molecule has 94 valence electrons. The molecule has 0 amide bonds. The van der Waals surface area contributed by atoms with Crippen molar-refractivity contribution in [1.29, 1.82) is 0 Å². The smallest absolute Gasteiger partial charge is 0.339 e. The number of carboxylic acids is 1. The summed E-state index contributed by atoms with van der Waals surface area (Å²) in [6, 6.07) is 7.48. The van der Waals surface area contributed by atoms with Crippen molar-refractivity contribution in [2.45, 2.75) is 6.92 Å². The maximum atomic E-state index is 11.0. The monoisotopic (exact) mass is 254 g/mol. The molecule has 0 aliphatic heterocycles. The Morgan fingerprint density at radius 1 is 1.21 bits per heavy atom. The standard InChI is InChI=1S/C13H10N4O2/c1-8-9(13(18)19)6-15-17(8)12-7-14-10-4-2-3-5-11(10)16-12/h2-7H,1H3,(H,18,19). The van der Waals surface area contributed by atoms with E-state index in [1.807, 2.05) is 24.3 Å². The van der Waals surface area contributed by atoms with Crippen molar-refractivity contribution < 1.29 is 9.90 Å². The van der Waals surface area contributed by atoms with E-state index in [1.165, 1.54) is 10.9 Å². The summed E-state index contributed by atoms with van der Waals surface area (Å²) in [4.78, 5) is 19.7. The van der Waals surface area contributed by atoms with Crippen LogP contribution < -0.4 is 0 Å². The fourth-order valence-electron chi connectivity index (χ4n) is 1.90. The topological polar surface area (TPSA) is 80.9 Å². The summed E-state index contributed by atoms with van der Waals surface area (Å²) >= 11 is 0. The lowest BCUT2D eigenvalue weighted by Crippen LogP contribution is -2.05. The molecule has 0 aliphatic rings. The minimum Gasteiger partial charge on any atom is -0.478 e. The van der Waals surface area contributed by atoms with Crippen LogP contribution in [0.15, 0.2) is 36.7 Å². The van der Waals surface area contributed by atoms with E-state index in [-0.39, 0.29) is 5.56 Å². The lowest BCUT2D eigenvalue weighted by molar-refractivity contribution is 0.0696. The third kappa shape index (κ3) is 1.83. The predicted octanol–water partition coefficient (Wildman–Crippen LogP) is 1.82. The third-order valence-corrected chi connectivity index (χ3v) is 2.89. The minimum atomic E-state index is -1.00. The zero-order valence-electron chi connectivity index (χ0n) is 10.1. The van der Waals surface area contributed by atoms with Gasteiger partial charge >= 0.3 is 5.97 Å². The van der Waals surface area contributed by atoms with Crippen molar-refractivity contribution >= 4 is 17.0 Å². The van der Waals surface area contributed by atoms with Gasteiger partial charge in [0.05, 0.1) is 29.1 Å². The number of nitrogens with zero attached hydrogens (tertiary/aromatic N) is 4. The third-order valence-electron chi connectivity index (χ3n) is 2.89. The van der Waals surface area contributed by atoms with Gasteiger partial charge in [-0.05, 0) is 19.1 Å². The first kappa shape index (κ1) is 11.3. The van der Waals surface area contributed by atoms with Gasteiger partial charge in [-0.25, -0.2) is 14.5 Å². The molecule has 0 aliphatic carbocycles. The van der Waals surface area contributed by atoms with Crippen LogP contribution in [-0.4, -0.2) is 30.8 Å². The summed E-state index contributed by atoms with van der Waals surface area (Å²) < 4.78 is 1.48. The van der Waals surface area contributed by atoms with Crippen molar-refractivity contribution in [2.24, 2.45) is 0 Å². The van der Waals surface area contributed by atoms with Crippen molar-refractivity contribution in [1.82, 2.24) is 19.7 Å². The van der Waals surface area contributed by atoms with E-state index in [0.29, 0.717) is 11.5 Å². The Labute approximate surface area is 108 Å². The van der Waals surface area contributed by atoms with Crippen LogP contribution in [0.25, 0.3) is 16.9 Å². The highest BCUT2D eigenvalue weighted by molar-refractivity contribution is 5.88. The number of para-hydroxylation sites is 2. The largest absolute Gasteiger partial charge is 0.478 e. The highest BCUT2D eigenvalue weighted by atomic mass is 16.4. The maximum absolute atomic E-state index is 11.0. The normalized spacial score (nSPS) is 10.8. The van der Waals surface area contributed by atoms with Crippen LogP contribution in [0.2, 0.25) is 0 Å². The first-order chi connectivity index (χ1) is 9.16. The number of hydrogen-bond acceptors (Lipinski definition) is 4. The SMILES string of the molecule is Cc1c(C(=O)O)cnn1-c1cnc2ccccc2n1. The molecule has 0 atom stereocenters. The quantitative estimate of drug-likeness (QED) is 0.754. The van der Waals surface area contributed by atoms with Crippen molar-refractivity contribution in [2.75, 3.05) is 0 Å². The van der Waals surface area contributed by atoms with Gasteiger partial charge in [0.1, 0.15) is 5.56 Å². The molecule has 1 aromatic carbocycles. The number of hydrogen-bond donors (Lipinski definition) is 1. The van der Waals surface area contributed by atoms with Gasteiger partial charge in [-0.1, -0.05) is 12.1 Å². The van der Waals surface area contributed by atoms with Gasteiger partial charge in [0.15, 0.2) is 5.82 Å². The molecule has 0 saturated carbocycles. The highest BCUT2D eigenvalue weighted by Crippen LogP contribution is 2.15. The number of carbonyl (C=O) groups is 1. The van der Waals surface area contributed by atoms with Gasteiger partial charge in [-0.15, -0.1) is 0 Å². The molecular formula is C13H10N4O2. The number of benzene rings is 1. The molecular weight excluding hydrogens is 244 g/mol. The molecule has 3 aromatic rings. The molecule has 0 spiro atoms. The Hall–Kier alpha value is -2.76. The van der Waals surface area contributed by atoms with Gasteiger partial charge in [-0.3, -0.25) is 4.98 Å². The summed E-state index contributed by atoms with van der Waals surface area (Å²) in [5, 5.41) is 13.1. The van der Waals surface area contributed by atoms with Crippen molar-refractivity contribution in [3.8, 4) is 5.82 Å². The van der Waals surface area contributed by atoms with Crippen LogP contribution in [0.4, 0.5) is 0 Å². The molecule has 19 heavy (non-hydrogen) atoms. The van der Waals surface area contributed by atoms with Crippen LogP contribution >= 0.6 is 0 Å². The Bertz CT molecular complexity index is 779. The maximum Gasteiger partial charge on any atom is 0.339 e. The van der Waals surface area contributed by atoms with Gasteiger partial charge < -0.3 is 5.11 Å². The molecule has 0 radical (unpaired) electrons. The summed E-state index contributed by atoms with van der Waals surface area (Å²) in [5.74, 6) is -0.499. The van der Waals surface area contributed by atoms with E-state index in [1.54, 1.807) is 13.1 Å². The molecule has 2 heterocycles. The Morgan fingerprint density at radius 2 is 1.95 bits per heavy atom. The summed E-state index contributed by atoms with van der Waals surface area (Å²) in [7, 11) is 0. The predicted molar refractivity (Wildman–Crippen MR) is 68.4 cm³/mol. The molecule has 0 fully saturated rings. The lowest BCUT2D eigenvalue weighted by atomic mass is 10.3. The van der Waals surface area contributed by atoms with Crippen LogP contribution in [0.1, 0.15) is 16.1 Å². The molecule has 0 bridgehead atoms. The number of rotatable bonds is 2. The number of carboxylic acid groups (broad SMARTS) is 1. The number of aromatic carboxylic acids is 1. The first-order valence-electron chi connectivity index (χ1n) is 5.67. The molecule has 3 rings (SSSR count). The summed E-state index contributed by atoms with van der Waals surface area (Å²) in [5.41, 5.74) is 2.22. The number of aromatic nitrogens is 4. The van der Waals surface area contributed by atoms with Crippen molar-refractivity contribution in [3.63, 3.8) is 0 Å². The van der Waals surface area contributed by atoms with Gasteiger partial charge in [0.25, 0.3) is 0 Å². The van der Waals surface area contributed by atoms with Gasteiger partial charge in [0.2, 0.25) is 0 Å². The lowest BCUT2D eigenvalue weighted by Gasteiger charge is -2.04. The Morgan fingerprint density at radius 3 is 2.63 bits per heavy atom. The summed E-state index contributed by atoms with van der Waals surface area (Å²) in [6.45, 7) is 1.69. The van der Waals surface area contributed by atoms with Gasteiger partial charge in [-0.2, -0.15) is 5.10 Å². The van der Waals surface area contributed by atoms with Gasteiger partial charge in [0, 0.05) is 0 Å². The average molecular weight is 254 g/mol. The van der Waals surface area contributed by atoms with Crippen LogP contribution in [0, 0.1) is 6.92 Å². The fraction of sp³-hybridized carbons (Fsp3) is 0.0769. The molecule has 6 nitrogen and oxygen atoms in total. The van der Waals surface area contributed by atoms with Crippen LogP contribution in [0.5, 0.6) is 0 Å². The molecule has 2 aromatic heterocycles. The fourth-order valence-corrected chi connectivity index (χ4v) is 1.90. The molecule has 1 N–H and O–H groups in total. The molecule has 0 unspecified atom stereocenters. The second-order valence-corrected chi connectivity index (χ2v) is 4.08. The van der Waals surface area contributed by atoms with E-state index >= 15 is 0 Å². The zero-order chi connectivity index (χ0) is 13.4. The number of fused-ring (bicyclic) bond motifs is 1. The van der Waals surface area contributed by atoms with E-state index in [4.69, 9.17) is 5.11 Å². The summed E-state index contributed by atoms with van der Waals surface area (Å²) in [6.07, 6.45) is 2.89. The second kappa shape index (κ2) is 4.16. The zero-order valence-corrected chi connectivity index (χ0v) is 10.1. The van der Waals surface area contributed by atoms with Crippen LogP contribution in [0.3, 0.4) is 0 Å². The Balaban J connectivity index is 2.16. The van der Waals surface area contributed by atoms with E-state index in [0.717, 1.165) is 11.0 Å². The Kier molecular flexibility index (Phi) is 2.49. The van der Waals surface area contributed by atoms with E-state index in [9.17, 15) is 4.79 Å². The van der Waals surface area contributed by atoms with E-state index in [2.05, 4.69) is 15.1 Å². The second-order valence-electron chi connectivity index (χ2n) is 4.08. The molecule has 0 saturated heterocycles. The first-order valence-corrected chi connectivity index (χ1v) is 5.67. The minimum absolute atomic E-state index is 0.162. The van der Waals surface area contributed by atoms with Crippen LogP contribution in [-0.2, 0) is 0 Å². The average Bonchev–Trinajstić information content (AvgIpc) is 2.80. The van der Waals surface area contributed by atoms with Crippen molar-refractivity contribution in [3.05, 3.63) is 47.9 Å².